The van der Waals surface area contributed by atoms with Crippen LogP contribution in [0.2, 0.25) is 0 Å². The summed E-state index contributed by atoms with van der Waals surface area (Å²) in [5, 5.41) is 3.09. The first-order valence-electron chi connectivity index (χ1n) is 5.49. The minimum absolute atomic E-state index is 0. The van der Waals surface area contributed by atoms with E-state index in [2.05, 4.69) is 5.32 Å². The quantitative estimate of drug-likeness (QED) is 0.900. The Morgan fingerprint density at radius 3 is 2.56 bits per heavy atom. The lowest BCUT2D eigenvalue weighted by Crippen LogP contribution is -2.30. The molecule has 1 N–H and O–H groups in total. The summed E-state index contributed by atoms with van der Waals surface area (Å²) < 4.78 is 43.6. The molecule has 0 spiro atoms. The maximum atomic E-state index is 12.7. The van der Waals surface area contributed by atoms with Crippen molar-refractivity contribution in [1.82, 2.24) is 5.32 Å². The van der Waals surface area contributed by atoms with E-state index in [1.807, 2.05) is 6.92 Å². The predicted octanol–water partition coefficient (Wildman–Crippen LogP) is 3.00. The highest BCUT2D eigenvalue weighted by Gasteiger charge is 2.34. The van der Waals surface area contributed by atoms with Crippen LogP contribution in [-0.4, -0.2) is 18.9 Å². The third kappa shape index (κ3) is 3.60. The van der Waals surface area contributed by atoms with E-state index in [1.54, 1.807) is 6.07 Å². The Morgan fingerprint density at radius 1 is 1.33 bits per heavy atom. The van der Waals surface area contributed by atoms with Crippen molar-refractivity contribution in [3.63, 3.8) is 0 Å². The van der Waals surface area contributed by atoms with Gasteiger partial charge in [0.05, 0.1) is 12.2 Å². The monoisotopic (exact) mass is 281 g/mol. The van der Waals surface area contributed by atoms with E-state index >= 15 is 0 Å². The maximum Gasteiger partial charge on any atom is 0.416 e. The van der Waals surface area contributed by atoms with Gasteiger partial charge in [-0.3, -0.25) is 5.32 Å². The zero-order chi connectivity index (χ0) is 12.5. The molecule has 0 amide bonds. The van der Waals surface area contributed by atoms with E-state index in [0.29, 0.717) is 6.61 Å². The van der Waals surface area contributed by atoms with Crippen LogP contribution in [0.1, 0.15) is 18.1 Å². The van der Waals surface area contributed by atoms with Gasteiger partial charge < -0.3 is 4.74 Å². The molecule has 0 radical (unpaired) electrons. The van der Waals surface area contributed by atoms with Gasteiger partial charge >= 0.3 is 6.18 Å². The summed E-state index contributed by atoms with van der Waals surface area (Å²) >= 11 is 0. The molecule has 1 aromatic carbocycles. The largest absolute Gasteiger partial charge is 0.416 e. The number of alkyl halides is 3. The third-order valence-corrected chi connectivity index (χ3v) is 2.75. The lowest BCUT2D eigenvalue weighted by molar-refractivity contribution is -0.138. The minimum Gasteiger partial charge on any atom is -0.361 e. The molecule has 0 bridgehead atoms. The average Bonchev–Trinajstić information content (AvgIpc) is 2.63. The maximum absolute atomic E-state index is 12.7. The smallest absolute Gasteiger partial charge is 0.361 e. The fourth-order valence-corrected chi connectivity index (χ4v) is 1.97. The molecular weight excluding hydrogens is 267 g/mol. The predicted molar refractivity (Wildman–Crippen MR) is 64.7 cm³/mol. The highest BCUT2D eigenvalue weighted by molar-refractivity contribution is 5.85. The van der Waals surface area contributed by atoms with E-state index in [4.69, 9.17) is 4.74 Å². The van der Waals surface area contributed by atoms with E-state index in [9.17, 15) is 13.2 Å². The Morgan fingerprint density at radius 2 is 2.00 bits per heavy atom. The standard InChI is InChI=1S/C12H14F3NO.ClH/c1-8-7-17-11(16-8)6-9-4-2-3-5-10(9)12(13,14)15;/h2-5,8,11,16H,6-7H2,1H3;1H. The molecule has 1 fully saturated rings. The van der Waals surface area contributed by atoms with Gasteiger partial charge in [0, 0.05) is 12.5 Å². The van der Waals surface area contributed by atoms with Gasteiger partial charge in [0.1, 0.15) is 6.23 Å². The van der Waals surface area contributed by atoms with E-state index in [0.717, 1.165) is 6.07 Å². The first-order chi connectivity index (χ1) is 7.97. The fraction of sp³-hybridized carbons (Fsp3) is 0.500. The summed E-state index contributed by atoms with van der Waals surface area (Å²) in [6.07, 6.45) is -4.39. The van der Waals surface area contributed by atoms with Crippen molar-refractivity contribution in [2.24, 2.45) is 0 Å². The molecule has 2 atom stereocenters. The van der Waals surface area contributed by atoms with Gasteiger partial charge in [0.2, 0.25) is 0 Å². The molecule has 0 aromatic heterocycles. The number of halogens is 4. The first-order valence-corrected chi connectivity index (χ1v) is 5.49. The van der Waals surface area contributed by atoms with Crippen LogP contribution in [0.4, 0.5) is 13.2 Å². The molecule has 18 heavy (non-hydrogen) atoms. The molecule has 2 rings (SSSR count). The van der Waals surface area contributed by atoms with Gasteiger partial charge in [-0.1, -0.05) is 18.2 Å². The lowest BCUT2D eigenvalue weighted by Gasteiger charge is -2.15. The topological polar surface area (TPSA) is 21.3 Å². The van der Waals surface area contributed by atoms with Gasteiger partial charge in [0.15, 0.2) is 0 Å². The second kappa shape index (κ2) is 5.91. The van der Waals surface area contributed by atoms with Crippen LogP contribution < -0.4 is 5.32 Å². The minimum atomic E-state index is -4.30. The van der Waals surface area contributed by atoms with Gasteiger partial charge in [-0.05, 0) is 18.6 Å². The van der Waals surface area contributed by atoms with Gasteiger partial charge in [0.25, 0.3) is 0 Å². The Hall–Kier alpha value is -0.780. The summed E-state index contributed by atoms with van der Waals surface area (Å²) in [6, 6.07) is 5.81. The van der Waals surface area contributed by atoms with Crippen LogP contribution in [0.5, 0.6) is 0 Å². The Balaban J connectivity index is 0.00000162. The van der Waals surface area contributed by atoms with Crippen LogP contribution in [-0.2, 0) is 17.3 Å². The molecule has 0 saturated carbocycles. The Bertz CT molecular complexity index is 397. The van der Waals surface area contributed by atoms with Crippen LogP contribution in [0.25, 0.3) is 0 Å². The number of benzene rings is 1. The third-order valence-electron chi connectivity index (χ3n) is 2.75. The molecular formula is C12H15ClF3NO. The van der Waals surface area contributed by atoms with Crippen molar-refractivity contribution < 1.29 is 17.9 Å². The number of ether oxygens (including phenoxy) is 1. The second-order valence-corrected chi connectivity index (χ2v) is 4.25. The van der Waals surface area contributed by atoms with E-state index in [-0.39, 0.29) is 36.7 Å². The van der Waals surface area contributed by atoms with Gasteiger partial charge in [-0.15, -0.1) is 12.4 Å². The fourth-order valence-electron chi connectivity index (χ4n) is 1.97. The molecule has 2 nitrogen and oxygen atoms in total. The molecule has 102 valence electrons. The average molecular weight is 282 g/mol. The first kappa shape index (κ1) is 15.3. The van der Waals surface area contributed by atoms with Crippen LogP contribution in [0, 0.1) is 0 Å². The molecule has 1 heterocycles. The van der Waals surface area contributed by atoms with Crippen molar-refractivity contribution in [2.75, 3.05) is 6.61 Å². The van der Waals surface area contributed by atoms with E-state index in [1.165, 1.54) is 12.1 Å². The lowest BCUT2D eigenvalue weighted by atomic mass is 10.0. The van der Waals surface area contributed by atoms with Gasteiger partial charge in [-0.2, -0.15) is 13.2 Å². The van der Waals surface area contributed by atoms with Crippen LogP contribution in [0.3, 0.4) is 0 Å². The zero-order valence-electron chi connectivity index (χ0n) is 9.83. The van der Waals surface area contributed by atoms with Crippen LogP contribution in [0.15, 0.2) is 24.3 Å². The van der Waals surface area contributed by atoms with Gasteiger partial charge in [-0.25, -0.2) is 0 Å². The molecule has 1 aromatic rings. The number of hydrogen-bond donors (Lipinski definition) is 1. The summed E-state index contributed by atoms with van der Waals surface area (Å²) in [5.74, 6) is 0. The van der Waals surface area contributed by atoms with Crippen molar-refractivity contribution >= 4 is 12.4 Å². The highest BCUT2D eigenvalue weighted by Crippen LogP contribution is 2.32. The molecule has 2 unspecified atom stereocenters. The second-order valence-electron chi connectivity index (χ2n) is 4.25. The normalized spacial score (nSPS) is 23.8. The Labute approximate surface area is 110 Å². The van der Waals surface area contributed by atoms with Crippen molar-refractivity contribution in [3.8, 4) is 0 Å². The molecule has 6 heteroatoms. The molecule has 1 aliphatic rings. The SMILES string of the molecule is CC1COC(Cc2ccccc2C(F)(F)F)N1.Cl. The molecule has 1 saturated heterocycles. The number of nitrogens with one attached hydrogen (secondary N) is 1. The number of hydrogen-bond acceptors (Lipinski definition) is 2. The number of rotatable bonds is 2. The molecule has 0 aliphatic carbocycles. The summed E-state index contributed by atoms with van der Waals surface area (Å²) in [5.41, 5.74) is -0.309. The molecule has 1 aliphatic heterocycles. The van der Waals surface area contributed by atoms with Crippen molar-refractivity contribution in [3.05, 3.63) is 35.4 Å². The Kier molecular flexibility index (Phi) is 5.01. The summed E-state index contributed by atoms with van der Waals surface area (Å²) in [4.78, 5) is 0. The summed E-state index contributed by atoms with van der Waals surface area (Å²) in [6.45, 7) is 2.48. The van der Waals surface area contributed by atoms with Crippen molar-refractivity contribution in [2.45, 2.75) is 31.8 Å². The van der Waals surface area contributed by atoms with E-state index < -0.39 is 11.7 Å². The highest BCUT2D eigenvalue weighted by atomic mass is 35.5. The summed E-state index contributed by atoms with van der Waals surface area (Å²) in [7, 11) is 0. The van der Waals surface area contributed by atoms with Crippen LogP contribution >= 0.6 is 12.4 Å². The van der Waals surface area contributed by atoms with Crippen molar-refractivity contribution in [1.29, 1.82) is 0 Å². The zero-order valence-corrected chi connectivity index (χ0v) is 10.6.